The molecule has 14 heteroatoms. The fourth-order valence-electron chi connectivity index (χ4n) is 10.6. The number of piperazine rings is 1. The average Bonchev–Trinajstić information content (AvgIpc) is 3.60. The van der Waals surface area contributed by atoms with Crippen molar-refractivity contribution in [2.24, 2.45) is 11.8 Å². The minimum absolute atomic E-state index is 0.0710. The number of H-pyrrole nitrogens is 1. The van der Waals surface area contributed by atoms with Crippen molar-refractivity contribution < 1.29 is 23.5 Å². The van der Waals surface area contributed by atoms with Crippen LogP contribution >= 0.6 is 11.6 Å². The Balaban J connectivity index is 0.710. The predicted molar refractivity (Wildman–Crippen MR) is 212 cm³/mol. The number of aromatic amines is 1. The molecule has 6 aliphatic rings. The number of carbonyl (C=O) groups excluding carboxylic acids is 1. The monoisotopic (exact) mass is 776 g/mol. The molecular weight excluding hydrogens is 720 g/mol. The van der Waals surface area contributed by atoms with Crippen LogP contribution in [0.4, 0.5) is 23.0 Å². The van der Waals surface area contributed by atoms with E-state index < -0.39 is 5.92 Å². The van der Waals surface area contributed by atoms with E-state index in [4.69, 9.17) is 36.1 Å². The lowest BCUT2D eigenvalue weighted by Gasteiger charge is -2.45. The van der Waals surface area contributed by atoms with Crippen LogP contribution < -0.4 is 25.2 Å². The van der Waals surface area contributed by atoms with Gasteiger partial charge >= 0.3 is 5.97 Å². The molecule has 55 heavy (non-hydrogen) atoms. The molecule has 2 aliphatic carbocycles. The molecule has 0 aromatic carbocycles. The fraction of sp³-hybridized carbons (Fsp3) is 0.683. The van der Waals surface area contributed by atoms with Gasteiger partial charge in [-0.05, 0) is 69.3 Å². The number of aromatic nitrogens is 3. The number of fused-ring (bicyclic) bond motifs is 2. The number of nitrogens with zero attached hydrogens (tertiary/aromatic N) is 6. The first-order chi connectivity index (χ1) is 26.7. The predicted octanol–water partition coefficient (Wildman–Crippen LogP) is 6.24. The van der Waals surface area contributed by atoms with Crippen molar-refractivity contribution in [3.8, 4) is 5.88 Å². The number of ether oxygens (including phenoxy) is 3. The van der Waals surface area contributed by atoms with Crippen LogP contribution in [0.25, 0.3) is 0 Å². The minimum atomic E-state index is -0.434. The van der Waals surface area contributed by atoms with Gasteiger partial charge in [-0.1, -0.05) is 30.6 Å². The molecule has 7 heterocycles. The highest BCUT2D eigenvalue weighted by Gasteiger charge is 2.54. The van der Waals surface area contributed by atoms with Gasteiger partial charge in [-0.2, -0.15) is 0 Å². The Kier molecular flexibility index (Phi) is 10.1. The Morgan fingerprint density at radius 3 is 2.33 bits per heavy atom. The summed E-state index contributed by atoms with van der Waals surface area (Å²) in [5.74, 6) is 2.84. The summed E-state index contributed by atoms with van der Waals surface area (Å²) in [5, 5.41) is 4.94. The van der Waals surface area contributed by atoms with Crippen LogP contribution in [-0.4, -0.2) is 108 Å². The lowest BCUT2D eigenvalue weighted by molar-refractivity contribution is -0.144. The highest BCUT2D eigenvalue weighted by Crippen LogP contribution is 2.52. The van der Waals surface area contributed by atoms with Gasteiger partial charge in [0.25, 0.3) is 0 Å². The van der Waals surface area contributed by atoms with Gasteiger partial charge < -0.3 is 44.2 Å². The summed E-state index contributed by atoms with van der Waals surface area (Å²) in [6, 6.07) is 8.96. The third kappa shape index (κ3) is 7.25. The van der Waals surface area contributed by atoms with Gasteiger partial charge in [0.05, 0.1) is 25.0 Å². The third-order valence-electron chi connectivity index (χ3n) is 13.7. The first-order valence-corrected chi connectivity index (χ1v) is 21.0. The molecule has 3 aromatic rings. The SMILES string of the molecule is COC(=O)C(c1cc(N2CCC(C3(N4CCC(OC5CC(Oc6cc(N7C8CCC7CN(c7cc(Cl)[nH]c7N)C8)ccn6)C5)CC4)CC3)CC2)no1)C(C)C. The van der Waals surface area contributed by atoms with Crippen molar-refractivity contribution in [3.63, 3.8) is 0 Å². The van der Waals surface area contributed by atoms with Crippen LogP contribution in [0.15, 0.2) is 35.0 Å². The summed E-state index contributed by atoms with van der Waals surface area (Å²) in [6.45, 7) is 10.0. The van der Waals surface area contributed by atoms with Crippen LogP contribution in [0.2, 0.25) is 5.15 Å². The van der Waals surface area contributed by atoms with E-state index in [0.29, 0.717) is 52.3 Å². The number of rotatable bonds is 12. The van der Waals surface area contributed by atoms with Crippen molar-refractivity contribution in [2.45, 2.75) is 120 Å². The number of nitrogens with two attached hydrogens (primary N) is 1. The number of carbonyl (C=O) groups is 1. The smallest absolute Gasteiger partial charge is 0.316 e. The molecule has 2 saturated carbocycles. The maximum Gasteiger partial charge on any atom is 0.316 e. The molecule has 6 fully saturated rings. The normalized spacial score (nSPS) is 27.7. The number of methoxy groups -OCH3 is 1. The van der Waals surface area contributed by atoms with E-state index >= 15 is 0 Å². The number of hydrogen-bond acceptors (Lipinski definition) is 12. The van der Waals surface area contributed by atoms with Gasteiger partial charge in [0.2, 0.25) is 5.88 Å². The summed E-state index contributed by atoms with van der Waals surface area (Å²) in [6.07, 6.45) is 13.9. The molecule has 3 atom stereocenters. The molecule has 2 bridgehead atoms. The molecular formula is C41H57ClN8O5. The standard InChI is InChI=1S/C41H57ClN8O5/c1-25(2)38(40(51)52-3)34-22-36(46-55-34)47-14-7-26(8-15-47)41(11-12-41)49-16-9-30(10-17-49)53-31-19-32(20-31)54-37-18-27(6-13-44-37)50-28-4-5-29(50)24-48(23-28)33-21-35(42)45-39(33)43/h6,13,18,21-22,25-26,28-32,38,45H,4-5,7-12,14-17,19-20,23-24,43H2,1-3H3. The Bertz CT molecular complexity index is 1790. The van der Waals surface area contributed by atoms with Crippen LogP contribution in [0.3, 0.4) is 0 Å². The summed E-state index contributed by atoms with van der Waals surface area (Å²) in [4.78, 5) is 30.1. The van der Waals surface area contributed by atoms with E-state index in [1.807, 2.05) is 32.2 Å². The van der Waals surface area contributed by atoms with Crippen LogP contribution in [-0.2, 0) is 14.3 Å². The zero-order valence-electron chi connectivity index (χ0n) is 32.5. The zero-order chi connectivity index (χ0) is 37.8. The molecule has 0 spiro atoms. The third-order valence-corrected chi connectivity index (χ3v) is 13.9. The maximum atomic E-state index is 12.4. The molecule has 0 amide bonds. The number of pyridine rings is 1. The van der Waals surface area contributed by atoms with Crippen LogP contribution in [0.1, 0.15) is 89.7 Å². The van der Waals surface area contributed by atoms with E-state index in [1.165, 1.54) is 25.6 Å². The number of piperidine rings is 2. The molecule has 13 nitrogen and oxygen atoms in total. The van der Waals surface area contributed by atoms with E-state index in [9.17, 15) is 4.79 Å². The molecule has 3 aromatic heterocycles. The largest absolute Gasteiger partial charge is 0.474 e. The van der Waals surface area contributed by atoms with Crippen molar-refractivity contribution in [2.75, 3.05) is 66.8 Å². The van der Waals surface area contributed by atoms with Crippen molar-refractivity contribution >= 4 is 40.6 Å². The number of halogens is 1. The van der Waals surface area contributed by atoms with Gasteiger partial charge in [0, 0.05) is 99.8 Å². The number of nitrogen functional groups attached to an aromatic ring is 1. The summed E-state index contributed by atoms with van der Waals surface area (Å²) >= 11 is 6.20. The minimum Gasteiger partial charge on any atom is -0.474 e. The van der Waals surface area contributed by atoms with Gasteiger partial charge in [0.15, 0.2) is 11.6 Å². The van der Waals surface area contributed by atoms with E-state index in [2.05, 4.69) is 46.9 Å². The second-order valence-electron chi connectivity index (χ2n) is 17.3. The Labute approximate surface area is 329 Å². The van der Waals surface area contributed by atoms with Gasteiger partial charge in [0.1, 0.15) is 23.0 Å². The number of nitrogens with one attached hydrogen (secondary N) is 1. The lowest BCUT2D eigenvalue weighted by atomic mass is 9.85. The zero-order valence-corrected chi connectivity index (χ0v) is 33.3. The first kappa shape index (κ1) is 36.9. The molecule has 4 saturated heterocycles. The lowest BCUT2D eigenvalue weighted by Crippen LogP contribution is -2.54. The maximum absolute atomic E-state index is 12.4. The Hall–Kier alpha value is -3.68. The van der Waals surface area contributed by atoms with E-state index in [0.717, 1.165) is 102 Å². The highest BCUT2D eigenvalue weighted by atomic mass is 35.5. The molecule has 298 valence electrons. The quantitative estimate of drug-likeness (QED) is 0.201. The number of hydrogen-bond donors (Lipinski definition) is 2. The second kappa shape index (κ2) is 15.0. The van der Waals surface area contributed by atoms with Gasteiger partial charge in [-0.3, -0.25) is 9.69 Å². The summed E-state index contributed by atoms with van der Waals surface area (Å²) < 4.78 is 23.7. The first-order valence-electron chi connectivity index (χ1n) is 20.7. The van der Waals surface area contributed by atoms with E-state index in [-0.39, 0.29) is 24.1 Å². The molecule has 3 unspecified atom stereocenters. The molecule has 4 aliphatic heterocycles. The number of esters is 1. The van der Waals surface area contributed by atoms with Crippen molar-refractivity contribution in [3.05, 3.63) is 41.4 Å². The second-order valence-corrected chi connectivity index (χ2v) is 17.7. The number of likely N-dealkylation sites (tertiary alicyclic amines) is 1. The Morgan fingerprint density at radius 1 is 0.964 bits per heavy atom. The van der Waals surface area contributed by atoms with Crippen LogP contribution in [0, 0.1) is 11.8 Å². The van der Waals surface area contributed by atoms with Crippen molar-refractivity contribution in [1.82, 2.24) is 20.0 Å². The fourth-order valence-corrected chi connectivity index (χ4v) is 10.8. The van der Waals surface area contributed by atoms with E-state index in [1.54, 1.807) is 0 Å². The van der Waals surface area contributed by atoms with Crippen molar-refractivity contribution in [1.29, 1.82) is 0 Å². The topological polar surface area (TPSA) is 138 Å². The molecule has 9 rings (SSSR count). The molecule has 3 N–H and O–H groups in total. The Morgan fingerprint density at radius 2 is 1.69 bits per heavy atom. The summed E-state index contributed by atoms with van der Waals surface area (Å²) in [5.41, 5.74) is 8.77. The average molecular weight is 777 g/mol. The van der Waals surface area contributed by atoms with Gasteiger partial charge in [-0.25, -0.2) is 4.98 Å². The highest BCUT2D eigenvalue weighted by molar-refractivity contribution is 6.30. The molecule has 0 radical (unpaired) electrons. The van der Waals surface area contributed by atoms with Gasteiger partial charge in [-0.15, -0.1) is 0 Å². The summed E-state index contributed by atoms with van der Waals surface area (Å²) in [7, 11) is 1.43. The number of anilines is 4. The van der Waals surface area contributed by atoms with Crippen LogP contribution in [0.5, 0.6) is 5.88 Å².